The quantitative estimate of drug-likeness (QED) is 0.881. The third-order valence-corrected chi connectivity index (χ3v) is 3.83. The zero-order valence-electron chi connectivity index (χ0n) is 11.0. The monoisotopic (exact) mass is 251 g/mol. The Kier molecular flexibility index (Phi) is 4.01. The standard InChI is InChI=1S/C13H21N3O2/c1-3-10-4-5-16(12(6-10)13(17)18)9-11-7-14-15(2)8-11/h7-8,10,12H,3-6,9H2,1-2H3,(H,17,18). The van der Waals surface area contributed by atoms with Crippen molar-refractivity contribution in [2.24, 2.45) is 13.0 Å². The van der Waals surface area contributed by atoms with Gasteiger partial charge < -0.3 is 5.11 Å². The van der Waals surface area contributed by atoms with Gasteiger partial charge in [-0.05, 0) is 25.3 Å². The van der Waals surface area contributed by atoms with Gasteiger partial charge in [0.1, 0.15) is 6.04 Å². The second-order valence-electron chi connectivity index (χ2n) is 5.15. The number of aryl methyl sites for hydroxylation is 1. The maximum atomic E-state index is 11.4. The van der Waals surface area contributed by atoms with Crippen LogP contribution in [0, 0.1) is 5.92 Å². The molecule has 0 amide bonds. The summed E-state index contributed by atoms with van der Waals surface area (Å²) in [6, 6.07) is -0.344. The number of hydrogen-bond donors (Lipinski definition) is 1. The predicted octanol–water partition coefficient (Wildman–Crippen LogP) is 1.50. The van der Waals surface area contributed by atoms with Gasteiger partial charge in [-0.2, -0.15) is 5.10 Å². The topological polar surface area (TPSA) is 58.4 Å². The number of carboxylic acids is 1. The minimum absolute atomic E-state index is 0.344. The Balaban J connectivity index is 2.04. The van der Waals surface area contributed by atoms with E-state index in [-0.39, 0.29) is 6.04 Å². The molecule has 0 radical (unpaired) electrons. The van der Waals surface area contributed by atoms with Crippen LogP contribution in [0.3, 0.4) is 0 Å². The Morgan fingerprint density at radius 1 is 1.61 bits per heavy atom. The molecule has 1 aromatic rings. The number of rotatable bonds is 4. The molecule has 1 fully saturated rings. The summed E-state index contributed by atoms with van der Waals surface area (Å²) >= 11 is 0. The van der Waals surface area contributed by atoms with Crippen molar-refractivity contribution in [2.45, 2.75) is 38.8 Å². The number of carboxylic acid groups (broad SMARTS) is 1. The first-order chi connectivity index (χ1) is 8.60. The maximum Gasteiger partial charge on any atom is 0.320 e. The van der Waals surface area contributed by atoms with Crippen LogP contribution >= 0.6 is 0 Å². The van der Waals surface area contributed by atoms with E-state index in [2.05, 4.69) is 16.9 Å². The van der Waals surface area contributed by atoms with Crippen LogP contribution in [-0.2, 0) is 18.4 Å². The number of hydrogen-bond acceptors (Lipinski definition) is 3. The minimum atomic E-state index is -0.697. The average molecular weight is 251 g/mol. The van der Waals surface area contributed by atoms with Gasteiger partial charge >= 0.3 is 5.97 Å². The van der Waals surface area contributed by atoms with Gasteiger partial charge in [0.2, 0.25) is 0 Å². The van der Waals surface area contributed by atoms with Gasteiger partial charge in [-0.15, -0.1) is 0 Å². The van der Waals surface area contributed by atoms with E-state index in [1.165, 1.54) is 0 Å². The summed E-state index contributed by atoms with van der Waals surface area (Å²) in [7, 11) is 1.88. The highest BCUT2D eigenvalue weighted by atomic mass is 16.4. The molecule has 2 unspecified atom stereocenters. The highest BCUT2D eigenvalue weighted by Crippen LogP contribution is 2.26. The Morgan fingerprint density at radius 2 is 2.39 bits per heavy atom. The van der Waals surface area contributed by atoms with Gasteiger partial charge in [-0.1, -0.05) is 13.3 Å². The first-order valence-corrected chi connectivity index (χ1v) is 6.54. The molecular weight excluding hydrogens is 230 g/mol. The van der Waals surface area contributed by atoms with Crippen LogP contribution in [0.5, 0.6) is 0 Å². The predicted molar refractivity (Wildman–Crippen MR) is 68.1 cm³/mol. The van der Waals surface area contributed by atoms with Crippen molar-refractivity contribution < 1.29 is 9.90 Å². The Bertz CT molecular complexity index is 416. The van der Waals surface area contributed by atoms with Crippen LogP contribution in [0.2, 0.25) is 0 Å². The van der Waals surface area contributed by atoms with E-state index < -0.39 is 5.97 Å². The highest BCUT2D eigenvalue weighted by molar-refractivity contribution is 5.73. The Morgan fingerprint density at radius 3 is 2.94 bits per heavy atom. The largest absolute Gasteiger partial charge is 0.480 e. The normalized spacial score (nSPS) is 25.2. The maximum absolute atomic E-state index is 11.4. The third-order valence-electron chi connectivity index (χ3n) is 3.83. The summed E-state index contributed by atoms with van der Waals surface area (Å²) in [5.41, 5.74) is 1.08. The van der Waals surface area contributed by atoms with E-state index in [1.807, 2.05) is 19.4 Å². The molecule has 18 heavy (non-hydrogen) atoms. The zero-order chi connectivity index (χ0) is 13.1. The lowest BCUT2D eigenvalue weighted by atomic mass is 9.88. The first-order valence-electron chi connectivity index (χ1n) is 6.54. The van der Waals surface area contributed by atoms with Crippen molar-refractivity contribution in [3.05, 3.63) is 18.0 Å². The van der Waals surface area contributed by atoms with Crippen molar-refractivity contribution in [1.29, 1.82) is 0 Å². The number of likely N-dealkylation sites (tertiary alicyclic amines) is 1. The SMILES string of the molecule is CCC1CCN(Cc2cnn(C)c2)C(C(=O)O)C1. The molecule has 0 aliphatic carbocycles. The molecule has 1 aromatic heterocycles. The van der Waals surface area contributed by atoms with Crippen LogP contribution in [0.4, 0.5) is 0 Å². The number of nitrogens with zero attached hydrogens (tertiary/aromatic N) is 3. The minimum Gasteiger partial charge on any atom is -0.480 e. The molecule has 1 N–H and O–H groups in total. The lowest BCUT2D eigenvalue weighted by Crippen LogP contribution is -2.46. The van der Waals surface area contributed by atoms with E-state index in [0.29, 0.717) is 12.5 Å². The molecule has 2 atom stereocenters. The summed E-state index contributed by atoms with van der Waals surface area (Å²) in [6.45, 7) is 3.69. The number of piperidine rings is 1. The Hall–Kier alpha value is -1.36. The molecule has 2 rings (SSSR count). The average Bonchev–Trinajstić information content (AvgIpc) is 2.75. The van der Waals surface area contributed by atoms with Crippen molar-refractivity contribution in [1.82, 2.24) is 14.7 Å². The summed E-state index contributed by atoms with van der Waals surface area (Å²) < 4.78 is 1.75. The highest BCUT2D eigenvalue weighted by Gasteiger charge is 2.32. The van der Waals surface area contributed by atoms with E-state index in [1.54, 1.807) is 4.68 Å². The van der Waals surface area contributed by atoms with Crippen molar-refractivity contribution in [3.63, 3.8) is 0 Å². The molecule has 0 saturated carbocycles. The summed E-state index contributed by atoms with van der Waals surface area (Å²) in [5, 5.41) is 13.5. The molecule has 2 heterocycles. The van der Waals surface area contributed by atoms with E-state index in [9.17, 15) is 9.90 Å². The molecule has 5 heteroatoms. The second kappa shape index (κ2) is 5.52. The van der Waals surface area contributed by atoms with Crippen molar-refractivity contribution in [3.8, 4) is 0 Å². The summed E-state index contributed by atoms with van der Waals surface area (Å²) in [4.78, 5) is 13.4. The van der Waals surface area contributed by atoms with E-state index >= 15 is 0 Å². The van der Waals surface area contributed by atoms with Crippen LogP contribution in [-0.4, -0.2) is 38.3 Å². The van der Waals surface area contributed by atoms with Crippen molar-refractivity contribution in [2.75, 3.05) is 6.54 Å². The number of aliphatic carboxylic acids is 1. The van der Waals surface area contributed by atoms with Gasteiger partial charge in [-0.25, -0.2) is 0 Å². The number of carbonyl (C=O) groups is 1. The molecule has 1 aliphatic rings. The molecular formula is C13H21N3O2. The molecule has 100 valence electrons. The Labute approximate surface area is 107 Å². The summed E-state index contributed by atoms with van der Waals surface area (Å²) in [6.07, 6.45) is 6.70. The fraction of sp³-hybridized carbons (Fsp3) is 0.692. The van der Waals surface area contributed by atoms with Crippen LogP contribution in [0.15, 0.2) is 12.4 Å². The zero-order valence-corrected chi connectivity index (χ0v) is 11.0. The fourth-order valence-electron chi connectivity index (χ4n) is 2.69. The first kappa shape index (κ1) is 13.1. The molecule has 5 nitrogen and oxygen atoms in total. The van der Waals surface area contributed by atoms with Gasteiger partial charge in [0.15, 0.2) is 0 Å². The molecule has 1 aliphatic heterocycles. The fourth-order valence-corrected chi connectivity index (χ4v) is 2.69. The third kappa shape index (κ3) is 2.90. The molecule has 0 spiro atoms. The molecule has 0 aromatic carbocycles. The van der Waals surface area contributed by atoms with Gasteiger partial charge in [0, 0.05) is 25.4 Å². The van der Waals surface area contributed by atoms with E-state index in [0.717, 1.165) is 31.4 Å². The lowest BCUT2D eigenvalue weighted by molar-refractivity contribution is -0.145. The van der Waals surface area contributed by atoms with Gasteiger partial charge in [-0.3, -0.25) is 14.4 Å². The molecule has 0 bridgehead atoms. The summed E-state index contributed by atoms with van der Waals surface area (Å²) in [5.74, 6) is -0.145. The smallest absolute Gasteiger partial charge is 0.320 e. The van der Waals surface area contributed by atoms with Gasteiger partial charge in [0.05, 0.1) is 6.20 Å². The van der Waals surface area contributed by atoms with Crippen molar-refractivity contribution >= 4 is 5.97 Å². The van der Waals surface area contributed by atoms with E-state index in [4.69, 9.17) is 0 Å². The molecule has 1 saturated heterocycles. The lowest BCUT2D eigenvalue weighted by Gasteiger charge is -2.36. The second-order valence-corrected chi connectivity index (χ2v) is 5.15. The number of aromatic nitrogens is 2. The van der Waals surface area contributed by atoms with Crippen LogP contribution in [0.25, 0.3) is 0 Å². The van der Waals surface area contributed by atoms with Crippen LogP contribution in [0.1, 0.15) is 31.7 Å². The van der Waals surface area contributed by atoms with Gasteiger partial charge in [0.25, 0.3) is 0 Å². The van der Waals surface area contributed by atoms with Crippen LogP contribution < -0.4 is 0 Å².